The van der Waals surface area contributed by atoms with Gasteiger partial charge in [-0.15, -0.1) is 0 Å². The first-order valence-corrected chi connectivity index (χ1v) is 5.16. The lowest BCUT2D eigenvalue weighted by molar-refractivity contribution is 0.436. The van der Waals surface area contributed by atoms with Crippen LogP contribution in [0.4, 0.5) is 0 Å². The molecular weight excluding hydrogens is 158 g/mol. The second-order valence-corrected chi connectivity index (χ2v) is 4.41. The van der Waals surface area contributed by atoms with Crippen LogP contribution in [0.3, 0.4) is 0 Å². The zero-order valence-electron chi connectivity index (χ0n) is 9.67. The molecule has 0 aromatic carbocycles. The highest BCUT2D eigenvalue weighted by Gasteiger charge is 2.04. The van der Waals surface area contributed by atoms with Gasteiger partial charge in [-0.2, -0.15) is 0 Å². The van der Waals surface area contributed by atoms with Crippen molar-refractivity contribution in [2.24, 2.45) is 22.7 Å². The Morgan fingerprint density at radius 2 is 1.77 bits per heavy atom. The molecule has 1 unspecified atom stereocenters. The minimum absolute atomic E-state index is 0.464. The Labute approximate surface area is 83.0 Å². The molecule has 0 aliphatic rings. The Hall–Kier alpha value is -0.590. The predicted octanol–water partition coefficient (Wildman–Crippen LogP) is 3.91. The SMILES string of the molecule is C=C(N=CCC(C)C(C)C)C(C)C. The van der Waals surface area contributed by atoms with Crippen LogP contribution in [0.15, 0.2) is 17.3 Å². The van der Waals surface area contributed by atoms with E-state index in [-0.39, 0.29) is 0 Å². The predicted molar refractivity (Wildman–Crippen MR) is 61.1 cm³/mol. The van der Waals surface area contributed by atoms with Crippen molar-refractivity contribution in [3.63, 3.8) is 0 Å². The Balaban J connectivity index is 3.81. The maximum Gasteiger partial charge on any atom is 0.0353 e. The van der Waals surface area contributed by atoms with Crippen LogP contribution in [0.25, 0.3) is 0 Å². The number of rotatable bonds is 5. The third-order valence-corrected chi connectivity index (χ3v) is 2.54. The van der Waals surface area contributed by atoms with Gasteiger partial charge >= 0.3 is 0 Å². The van der Waals surface area contributed by atoms with E-state index in [0.29, 0.717) is 11.8 Å². The molecule has 0 aliphatic heterocycles. The molecule has 76 valence electrons. The van der Waals surface area contributed by atoms with Gasteiger partial charge in [0.15, 0.2) is 0 Å². The van der Waals surface area contributed by atoms with Crippen LogP contribution >= 0.6 is 0 Å². The molecular formula is C12H23N. The Kier molecular flexibility index (Phi) is 5.68. The highest BCUT2D eigenvalue weighted by Crippen LogP contribution is 2.13. The zero-order valence-corrected chi connectivity index (χ0v) is 9.67. The van der Waals surface area contributed by atoms with Crippen LogP contribution < -0.4 is 0 Å². The van der Waals surface area contributed by atoms with Gasteiger partial charge in [-0.25, -0.2) is 0 Å². The van der Waals surface area contributed by atoms with E-state index in [1.54, 1.807) is 0 Å². The van der Waals surface area contributed by atoms with Gasteiger partial charge in [-0.1, -0.05) is 41.2 Å². The average Bonchev–Trinajstić information content (AvgIpc) is 2.03. The molecule has 0 aliphatic carbocycles. The summed E-state index contributed by atoms with van der Waals surface area (Å²) in [5.74, 6) is 1.91. The molecule has 0 spiro atoms. The molecule has 0 radical (unpaired) electrons. The van der Waals surface area contributed by atoms with Gasteiger partial charge in [0.25, 0.3) is 0 Å². The summed E-state index contributed by atoms with van der Waals surface area (Å²) in [7, 11) is 0. The summed E-state index contributed by atoms with van der Waals surface area (Å²) < 4.78 is 0. The Morgan fingerprint density at radius 1 is 1.23 bits per heavy atom. The number of hydrogen-bond acceptors (Lipinski definition) is 1. The van der Waals surface area contributed by atoms with Gasteiger partial charge in [0, 0.05) is 11.9 Å². The van der Waals surface area contributed by atoms with E-state index >= 15 is 0 Å². The lowest BCUT2D eigenvalue weighted by atomic mass is 9.95. The molecule has 1 heteroatoms. The minimum Gasteiger partial charge on any atom is -0.266 e. The van der Waals surface area contributed by atoms with E-state index in [1.807, 2.05) is 6.21 Å². The largest absolute Gasteiger partial charge is 0.266 e. The minimum atomic E-state index is 0.464. The topological polar surface area (TPSA) is 12.4 Å². The quantitative estimate of drug-likeness (QED) is 0.570. The Morgan fingerprint density at radius 3 is 2.15 bits per heavy atom. The first-order chi connectivity index (χ1) is 5.95. The van der Waals surface area contributed by atoms with Crippen molar-refractivity contribution in [3.8, 4) is 0 Å². The fourth-order valence-corrected chi connectivity index (χ4v) is 0.757. The second kappa shape index (κ2) is 5.95. The number of aliphatic imine (C=N–C) groups is 1. The van der Waals surface area contributed by atoms with Gasteiger partial charge in [-0.3, -0.25) is 4.99 Å². The van der Waals surface area contributed by atoms with Gasteiger partial charge in [0.2, 0.25) is 0 Å². The van der Waals surface area contributed by atoms with Crippen molar-refractivity contribution in [1.82, 2.24) is 0 Å². The number of allylic oxidation sites excluding steroid dienone is 1. The summed E-state index contributed by atoms with van der Waals surface area (Å²) in [4.78, 5) is 4.33. The first kappa shape index (κ1) is 12.4. The third kappa shape index (κ3) is 5.62. The van der Waals surface area contributed by atoms with Crippen LogP contribution in [-0.2, 0) is 0 Å². The van der Waals surface area contributed by atoms with E-state index in [1.165, 1.54) is 0 Å². The molecule has 0 aromatic rings. The molecule has 0 saturated carbocycles. The normalized spacial score (nSPS) is 14.4. The fourth-order valence-electron chi connectivity index (χ4n) is 0.757. The average molecular weight is 181 g/mol. The maximum atomic E-state index is 4.33. The molecule has 0 bridgehead atoms. The third-order valence-electron chi connectivity index (χ3n) is 2.54. The summed E-state index contributed by atoms with van der Waals surface area (Å²) in [6.45, 7) is 14.9. The van der Waals surface area contributed by atoms with Crippen molar-refractivity contribution >= 4 is 6.21 Å². The number of hydrogen-bond donors (Lipinski definition) is 0. The monoisotopic (exact) mass is 181 g/mol. The summed E-state index contributed by atoms with van der Waals surface area (Å²) >= 11 is 0. The standard InChI is InChI=1S/C12H23N/c1-9(2)11(5)7-8-13-12(6)10(3)4/h8-11H,6-7H2,1-5H3. The zero-order chi connectivity index (χ0) is 10.4. The van der Waals surface area contributed by atoms with E-state index in [0.717, 1.165) is 18.0 Å². The molecule has 0 heterocycles. The van der Waals surface area contributed by atoms with Gasteiger partial charge in [0.1, 0.15) is 0 Å². The summed E-state index contributed by atoms with van der Waals surface area (Å²) in [6.07, 6.45) is 3.07. The van der Waals surface area contributed by atoms with Crippen LogP contribution in [0.1, 0.15) is 41.0 Å². The van der Waals surface area contributed by atoms with Crippen LogP contribution in [0.5, 0.6) is 0 Å². The van der Waals surface area contributed by atoms with Gasteiger partial charge < -0.3 is 0 Å². The van der Waals surface area contributed by atoms with E-state index in [4.69, 9.17) is 0 Å². The van der Waals surface area contributed by atoms with E-state index < -0.39 is 0 Å². The van der Waals surface area contributed by atoms with Crippen LogP contribution in [0, 0.1) is 17.8 Å². The lowest BCUT2D eigenvalue weighted by Gasteiger charge is -2.12. The maximum absolute atomic E-state index is 4.33. The van der Waals surface area contributed by atoms with Crippen molar-refractivity contribution < 1.29 is 0 Å². The molecule has 0 N–H and O–H groups in total. The summed E-state index contributed by atoms with van der Waals surface area (Å²) in [6, 6.07) is 0. The smallest absolute Gasteiger partial charge is 0.0353 e. The molecule has 0 rings (SSSR count). The highest BCUT2D eigenvalue weighted by atomic mass is 14.7. The molecule has 1 nitrogen and oxygen atoms in total. The fraction of sp³-hybridized carbons (Fsp3) is 0.750. The van der Waals surface area contributed by atoms with Crippen LogP contribution in [0.2, 0.25) is 0 Å². The first-order valence-electron chi connectivity index (χ1n) is 5.16. The van der Waals surface area contributed by atoms with E-state index in [9.17, 15) is 0 Å². The van der Waals surface area contributed by atoms with Crippen molar-refractivity contribution in [3.05, 3.63) is 12.3 Å². The summed E-state index contributed by atoms with van der Waals surface area (Å²) in [5, 5.41) is 0. The van der Waals surface area contributed by atoms with Crippen LogP contribution in [-0.4, -0.2) is 6.21 Å². The molecule has 1 atom stereocenters. The summed E-state index contributed by atoms with van der Waals surface area (Å²) in [5.41, 5.74) is 0.982. The molecule has 0 fully saturated rings. The van der Waals surface area contributed by atoms with Gasteiger partial charge in [-0.05, 0) is 24.2 Å². The van der Waals surface area contributed by atoms with Crippen molar-refractivity contribution in [2.75, 3.05) is 0 Å². The molecule has 0 amide bonds. The second-order valence-electron chi connectivity index (χ2n) is 4.41. The lowest BCUT2D eigenvalue weighted by Crippen LogP contribution is -2.04. The molecule has 0 aromatic heterocycles. The number of nitrogens with zero attached hydrogens (tertiary/aromatic N) is 1. The van der Waals surface area contributed by atoms with E-state index in [2.05, 4.69) is 46.2 Å². The van der Waals surface area contributed by atoms with Crippen molar-refractivity contribution in [1.29, 1.82) is 0 Å². The Bertz CT molecular complexity index is 178. The highest BCUT2D eigenvalue weighted by molar-refractivity contribution is 5.59. The molecule has 13 heavy (non-hydrogen) atoms. The molecule has 0 saturated heterocycles. The van der Waals surface area contributed by atoms with Gasteiger partial charge in [0.05, 0.1) is 0 Å². The van der Waals surface area contributed by atoms with Crippen molar-refractivity contribution in [2.45, 2.75) is 41.0 Å².